The van der Waals surface area contributed by atoms with Gasteiger partial charge in [0.05, 0.1) is 11.7 Å². The van der Waals surface area contributed by atoms with Gasteiger partial charge in [-0.25, -0.2) is 5.43 Å². The fraction of sp³-hybridized carbons (Fsp3) is 0.391. The number of nitrogens with one attached hydrogen (secondary N) is 2. The first-order chi connectivity index (χ1) is 14.4. The third kappa shape index (κ3) is 3.34. The maximum atomic E-state index is 12.9. The molecular weight excluding hydrogens is 380 g/mol. The molecule has 2 heterocycles. The van der Waals surface area contributed by atoms with Crippen LogP contribution < -0.4 is 10.9 Å². The Balaban J connectivity index is 1.24. The molecule has 1 saturated carbocycles. The highest BCUT2D eigenvalue weighted by Gasteiger charge is 2.50. The summed E-state index contributed by atoms with van der Waals surface area (Å²) in [5, 5.41) is 10.0. The second-order valence-electron chi connectivity index (χ2n) is 8.49. The lowest BCUT2D eigenvalue weighted by Gasteiger charge is -2.35. The zero-order valence-corrected chi connectivity index (χ0v) is 17.0. The molecule has 7 heteroatoms. The number of fused-ring (bicyclic) bond motifs is 1. The van der Waals surface area contributed by atoms with Crippen LogP contribution in [0.1, 0.15) is 41.7 Å². The van der Waals surface area contributed by atoms with Crippen molar-refractivity contribution in [2.75, 3.05) is 31.6 Å². The van der Waals surface area contributed by atoms with Gasteiger partial charge in [0, 0.05) is 31.7 Å². The summed E-state index contributed by atoms with van der Waals surface area (Å²) in [6.45, 7) is 4.04. The summed E-state index contributed by atoms with van der Waals surface area (Å²) in [5.41, 5.74) is 10.4. The quantitative estimate of drug-likeness (QED) is 0.727. The third-order valence-electron chi connectivity index (χ3n) is 6.38. The average Bonchev–Trinajstić information content (AvgIpc) is 3.44. The number of aliphatic hydroxyl groups is 1. The van der Waals surface area contributed by atoms with Crippen molar-refractivity contribution < 1.29 is 14.7 Å². The van der Waals surface area contributed by atoms with Gasteiger partial charge in [-0.3, -0.25) is 9.59 Å². The molecule has 0 radical (unpaired) electrons. The number of nitrogens with zero attached hydrogens (tertiary/aromatic N) is 2. The van der Waals surface area contributed by atoms with Gasteiger partial charge in [-0.2, -0.15) is 0 Å². The lowest BCUT2D eigenvalue weighted by molar-refractivity contribution is -0.143. The fourth-order valence-corrected chi connectivity index (χ4v) is 4.21. The number of hydrazine groups is 1. The van der Waals surface area contributed by atoms with E-state index < -0.39 is 5.60 Å². The van der Waals surface area contributed by atoms with Crippen LogP contribution >= 0.6 is 0 Å². The smallest absolute Gasteiger partial charge is 0.254 e. The number of anilines is 1. The highest BCUT2D eigenvalue weighted by molar-refractivity contribution is 5.95. The summed E-state index contributed by atoms with van der Waals surface area (Å²) in [7, 11) is 0. The Labute approximate surface area is 175 Å². The normalized spacial score (nSPS) is 21.7. The van der Waals surface area contributed by atoms with E-state index in [0.29, 0.717) is 44.6 Å². The van der Waals surface area contributed by atoms with Gasteiger partial charge in [0.25, 0.3) is 11.8 Å². The van der Waals surface area contributed by atoms with Crippen LogP contribution in [0.5, 0.6) is 0 Å². The van der Waals surface area contributed by atoms with Gasteiger partial charge in [0.1, 0.15) is 5.60 Å². The van der Waals surface area contributed by atoms with E-state index in [4.69, 9.17) is 0 Å². The Morgan fingerprint density at radius 2 is 1.60 bits per heavy atom. The molecule has 1 saturated heterocycles. The predicted octanol–water partition coefficient (Wildman–Crippen LogP) is 2.15. The van der Waals surface area contributed by atoms with Crippen molar-refractivity contribution in [1.82, 2.24) is 15.2 Å². The Bertz CT molecular complexity index is 992. The number of amides is 2. The summed E-state index contributed by atoms with van der Waals surface area (Å²) in [6, 6.07) is 14.3. The first kappa shape index (κ1) is 19.1. The molecule has 3 N–H and O–H groups in total. The Hall–Kier alpha value is -2.90. The molecule has 0 spiro atoms. The van der Waals surface area contributed by atoms with E-state index >= 15 is 0 Å². The number of benzene rings is 2. The highest BCUT2D eigenvalue weighted by atomic mass is 16.3. The molecular formula is C23H26N4O3. The van der Waals surface area contributed by atoms with Gasteiger partial charge >= 0.3 is 0 Å². The van der Waals surface area contributed by atoms with Gasteiger partial charge in [-0.05, 0) is 54.7 Å². The highest BCUT2D eigenvalue weighted by Crippen LogP contribution is 2.37. The Morgan fingerprint density at radius 3 is 2.27 bits per heavy atom. The van der Waals surface area contributed by atoms with Gasteiger partial charge in [0.15, 0.2) is 0 Å². The predicted molar refractivity (Wildman–Crippen MR) is 114 cm³/mol. The molecule has 1 atom stereocenters. The summed E-state index contributed by atoms with van der Waals surface area (Å²) in [5.74, 6) is -0.209. The van der Waals surface area contributed by atoms with Crippen LogP contribution in [-0.4, -0.2) is 58.5 Å². The minimum Gasteiger partial charge on any atom is -0.380 e. The van der Waals surface area contributed by atoms with E-state index in [-0.39, 0.29) is 17.9 Å². The van der Waals surface area contributed by atoms with Crippen molar-refractivity contribution in [3.05, 3.63) is 53.6 Å². The Morgan fingerprint density at radius 1 is 0.967 bits per heavy atom. The van der Waals surface area contributed by atoms with Crippen molar-refractivity contribution in [3.63, 3.8) is 0 Å². The topological polar surface area (TPSA) is 84.9 Å². The molecule has 2 aliphatic heterocycles. The summed E-state index contributed by atoms with van der Waals surface area (Å²) < 4.78 is 0. The summed E-state index contributed by atoms with van der Waals surface area (Å²) in [4.78, 5) is 28.6. The maximum Gasteiger partial charge on any atom is 0.254 e. The fourth-order valence-electron chi connectivity index (χ4n) is 4.21. The van der Waals surface area contributed by atoms with E-state index in [0.717, 1.165) is 16.8 Å². The SMILES string of the molecule is CC1NNc2cc(-c3ccc(C(=O)N4CCN(C(=O)C5(O)CC5)CC4)cc3)ccc21. The monoisotopic (exact) mass is 406 g/mol. The molecule has 2 fully saturated rings. The first-order valence-electron chi connectivity index (χ1n) is 10.5. The molecule has 3 aliphatic rings. The number of piperazine rings is 1. The largest absolute Gasteiger partial charge is 0.380 e. The van der Waals surface area contributed by atoms with Crippen LogP contribution in [0.2, 0.25) is 0 Å². The second-order valence-corrected chi connectivity index (χ2v) is 8.49. The molecule has 2 amide bonds. The van der Waals surface area contributed by atoms with Crippen molar-refractivity contribution in [1.29, 1.82) is 0 Å². The van der Waals surface area contributed by atoms with Crippen LogP contribution in [-0.2, 0) is 4.79 Å². The average molecular weight is 406 g/mol. The minimum absolute atomic E-state index is 0.0209. The second kappa shape index (κ2) is 7.11. The maximum absolute atomic E-state index is 12.9. The number of rotatable bonds is 3. The lowest BCUT2D eigenvalue weighted by atomic mass is 9.99. The summed E-state index contributed by atoms with van der Waals surface area (Å²) in [6.07, 6.45) is 1.10. The summed E-state index contributed by atoms with van der Waals surface area (Å²) >= 11 is 0. The van der Waals surface area contributed by atoms with Crippen LogP contribution in [0.15, 0.2) is 42.5 Å². The van der Waals surface area contributed by atoms with Crippen LogP contribution in [0, 0.1) is 0 Å². The molecule has 5 rings (SSSR count). The molecule has 2 aromatic carbocycles. The number of carbonyl (C=O) groups excluding carboxylic acids is 2. The standard InChI is InChI=1S/C23H26N4O3/c1-15-19-7-6-18(14-20(19)25-24-15)16-2-4-17(5-3-16)21(28)26-10-12-27(13-11-26)22(29)23(30)8-9-23/h2-7,14-15,24-25,30H,8-13H2,1H3. The molecule has 2 aromatic rings. The van der Waals surface area contributed by atoms with Crippen LogP contribution in [0.25, 0.3) is 11.1 Å². The molecule has 1 aliphatic carbocycles. The van der Waals surface area contributed by atoms with Crippen LogP contribution in [0.3, 0.4) is 0 Å². The van der Waals surface area contributed by atoms with Gasteiger partial charge < -0.3 is 20.3 Å². The third-order valence-corrected chi connectivity index (χ3v) is 6.38. The van der Waals surface area contributed by atoms with E-state index in [2.05, 4.69) is 36.0 Å². The minimum atomic E-state index is -1.14. The van der Waals surface area contributed by atoms with E-state index in [1.54, 1.807) is 9.80 Å². The molecule has 0 aromatic heterocycles. The van der Waals surface area contributed by atoms with Gasteiger partial charge in [-0.15, -0.1) is 0 Å². The number of carbonyl (C=O) groups is 2. The van der Waals surface area contributed by atoms with E-state index in [9.17, 15) is 14.7 Å². The first-order valence-corrected chi connectivity index (χ1v) is 10.5. The zero-order valence-electron chi connectivity index (χ0n) is 17.0. The van der Waals surface area contributed by atoms with E-state index in [1.165, 1.54) is 5.56 Å². The molecule has 7 nitrogen and oxygen atoms in total. The Kier molecular flexibility index (Phi) is 4.52. The zero-order chi connectivity index (χ0) is 20.9. The van der Waals surface area contributed by atoms with Crippen molar-refractivity contribution in [2.45, 2.75) is 31.4 Å². The van der Waals surface area contributed by atoms with Crippen molar-refractivity contribution in [3.8, 4) is 11.1 Å². The van der Waals surface area contributed by atoms with Gasteiger partial charge in [-0.1, -0.05) is 24.3 Å². The molecule has 156 valence electrons. The molecule has 1 unspecified atom stereocenters. The van der Waals surface area contributed by atoms with Crippen molar-refractivity contribution >= 4 is 17.5 Å². The van der Waals surface area contributed by atoms with Crippen molar-refractivity contribution in [2.24, 2.45) is 0 Å². The number of hydrogen-bond acceptors (Lipinski definition) is 5. The molecule has 0 bridgehead atoms. The van der Waals surface area contributed by atoms with Crippen LogP contribution in [0.4, 0.5) is 5.69 Å². The number of hydrogen-bond donors (Lipinski definition) is 3. The lowest BCUT2D eigenvalue weighted by Crippen LogP contribution is -2.53. The molecule has 30 heavy (non-hydrogen) atoms. The van der Waals surface area contributed by atoms with Gasteiger partial charge in [0.2, 0.25) is 0 Å². The van der Waals surface area contributed by atoms with E-state index in [1.807, 2.05) is 24.3 Å².